The van der Waals surface area contributed by atoms with E-state index in [9.17, 15) is 9.59 Å². The molecule has 0 aliphatic heterocycles. The number of aryl methyl sites for hydroxylation is 2. The molecule has 4 aliphatic carbocycles. The Balaban J connectivity index is 1.28. The molecule has 152 valence electrons. The van der Waals surface area contributed by atoms with E-state index < -0.39 is 12.1 Å². The third-order valence-electron chi connectivity index (χ3n) is 6.66. The van der Waals surface area contributed by atoms with Crippen LogP contribution in [0.2, 0.25) is 0 Å². The lowest BCUT2D eigenvalue weighted by Crippen LogP contribution is -2.61. The molecule has 1 aromatic rings. The van der Waals surface area contributed by atoms with E-state index in [-0.39, 0.29) is 18.1 Å². The van der Waals surface area contributed by atoms with E-state index in [0.717, 1.165) is 48.1 Å². The van der Waals surface area contributed by atoms with Crippen LogP contribution in [0.15, 0.2) is 18.2 Å². The van der Waals surface area contributed by atoms with Crippen molar-refractivity contribution >= 4 is 11.9 Å². The zero-order valence-electron chi connectivity index (χ0n) is 17.1. The van der Waals surface area contributed by atoms with Crippen molar-refractivity contribution in [2.24, 2.45) is 17.8 Å². The highest BCUT2D eigenvalue weighted by Gasteiger charge is 2.51. The van der Waals surface area contributed by atoms with Crippen molar-refractivity contribution < 1.29 is 19.1 Å². The Bertz CT molecular complexity index is 716. The lowest BCUT2D eigenvalue weighted by Gasteiger charge is -2.57. The van der Waals surface area contributed by atoms with Crippen molar-refractivity contribution in [1.82, 2.24) is 5.32 Å². The van der Waals surface area contributed by atoms with Crippen molar-refractivity contribution in [2.75, 3.05) is 6.61 Å². The van der Waals surface area contributed by atoms with Gasteiger partial charge in [0.15, 0.2) is 12.7 Å². The molecule has 0 heterocycles. The second kappa shape index (κ2) is 7.41. The molecular formula is C23H31NO4. The van der Waals surface area contributed by atoms with E-state index in [1.165, 1.54) is 19.3 Å². The normalized spacial score (nSPS) is 31.3. The minimum atomic E-state index is -0.802. The monoisotopic (exact) mass is 385 g/mol. The van der Waals surface area contributed by atoms with Crippen LogP contribution in [-0.2, 0) is 14.3 Å². The minimum Gasteiger partial charge on any atom is -0.482 e. The quantitative estimate of drug-likeness (QED) is 0.759. The van der Waals surface area contributed by atoms with E-state index in [1.54, 1.807) is 6.92 Å². The number of hydrogen-bond acceptors (Lipinski definition) is 4. The molecule has 0 unspecified atom stereocenters. The zero-order chi connectivity index (χ0) is 19.9. The first kappa shape index (κ1) is 19.3. The fourth-order valence-corrected chi connectivity index (χ4v) is 6.07. The first-order valence-electron chi connectivity index (χ1n) is 10.5. The van der Waals surface area contributed by atoms with E-state index in [2.05, 4.69) is 5.32 Å². The summed E-state index contributed by atoms with van der Waals surface area (Å²) in [4.78, 5) is 24.8. The summed E-state index contributed by atoms with van der Waals surface area (Å²) in [6, 6.07) is 5.80. The molecule has 4 fully saturated rings. The maximum atomic E-state index is 12.7. The number of carbonyl (C=O) groups is 2. The van der Waals surface area contributed by atoms with E-state index >= 15 is 0 Å². The third kappa shape index (κ3) is 4.18. The topological polar surface area (TPSA) is 64.6 Å². The fraction of sp³-hybridized carbons (Fsp3) is 0.652. The summed E-state index contributed by atoms with van der Waals surface area (Å²) in [6.07, 6.45) is 6.44. The van der Waals surface area contributed by atoms with Gasteiger partial charge in [0.2, 0.25) is 0 Å². The van der Waals surface area contributed by atoms with Gasteiger partial charge < -0.3 is 14.8 Å². The SMILES string of the molecule is Cc1cc(C)cc(OCC(=O)O[C@H](C)C(=O)NC23CC4CC(CC(C4)C2)C3)c1. The Morgan fingerprint density at radius 3 is 2.11 bits per heavy atom. The van der Waals surface area contributed by atoms with Gasteiger partial charge in [-0.2, -0.15) is 0 Å². The number of hydrogen-bond donors (Lipinski definition) is 1. The van der Waals surface area contributed by atoms with Gasteiger partial charge >= 0.3 is 5.97 Å². The van der Waals surface area contributed by atoms with E-state index in [4.69, 9.17) is 9.47 Å². The van der Waals surface area contributed by atoms with Crippen molar-refractivity contribution in [3.05, 3.63) is 29.3 Å². The van der Waals surface area contributed by atoms with Gasteiger partial charge in [-0.25, -0.2) is 4.79 Å². The number of ether oxygens (including phenoxy) is 2. The van der Waals surface area contributed by atoms with Gasteiger partial charge in [-0.3, -0.25) is 4.79 Å². The van der Waals surface area contributed by atoms with Crippen molar-refractivity contribution in [1.29, 1.82) is 0 Å². The maximum Gasteiger partial charge on any atom is 0.344 e. The van der Waals surface area contributed by atoms with Gasteiger partial charge in [0.05, 0.1) is 0 Å². The summed E-state index contributed by atoms with van der Waals surface area (Å²) >= 11 is 0. The van der Waals surface area contributed by atoms with Gasteiger partial charge in [-0.05, 0) is 100 Å². The summed E-state index contributed by atoms with van der Waals surface area (Å²) in [6.45, 7) is 5.41. The number of amides is 1. The molecule has 5 heteroatoms. The van der Waals surface area contributed by atoms with Crippen molar-refractivity contribution in [3.8, 4) is 5.75 Å². The molecule has 1 atom stereocenters. The molecular weight excluding hydrogens is 354 g/mol. The molecule has 0 aromatic heterocycles. The molecule has 1 N–H and O–H groups in total. The number of benzene rings is 1. The number of rotatable bonds is 6. The molecule has 4 bridgehead atoms. The summed E-state index contributed by atoms with van der Waals surface area (Å²) in [5.74, 6) is 2.22. The number of carbonyl (C=O) groups excluding carboxylic acids is 2. The van der Waals surface area contributed by atoms with Crippen LogP contribution in [0, 0.1) is 31.6 Å². The molecule has 0 radical (unpaired) electrons. The average molecular weight is 386 g/mol. The van der Waals surface area contributed by atoms with Crippen LogP contribution in [0.3, 0.4) is 0 Å². The minimum absolute atomic E-state index is 0.0674. The van der Waals surface area contributed by atoms with Crippen LogP contribution in [-0.4, -0.2) is 30.1 Å². The molecule has 1 aromatic carbocycles. The molecule has 5 rings (SSSR count). The summed E-state index contributed by atoms with van der Waals surface area (Å²) in [5, 5.41) is 3.26. The van der Waals surface area contributed by atoms with Crippen LogP contribution in [0.1, 0.15) is 56.6 Å². The zero-order valence-corrected chi connectivity index (χ0v) is 17.1. The maximum absolute atomic E-state index is 12.7. The highest BCUT2D eigenvalue weighted by molar-refractivity contribution is 5.84. The lowest BCUT2D eigenvalue weighted by molar-refractivity contribution is -0.158. The second-order valence-electron chi connectivity index (χ2n) is 9.43. The number of nitrogens with one attached hydrogen (secondary N) is 1. The van der Waals surface area contributed by atoms with Gasteiger partial charge in [0, 0.05) is 5.54 Å². The fourth-order valence-electron chi connectivity index (χ4n) is 6.07. The van der Waals surface area contributed by atoms with Gasteiger partial charge in [-0.1, -0.05) is 6.07 Å². The second-order valence-corrected chi connectivity index (χ2v) is 9.43. The van der Waals surface area contributed by atoms with Crippen LogP contribution < -0.4 is 10.1 Å². The van der Waals surface area contributed by atoms with Crippen molar-refractivity contribution in [3.63, 3.8) is 0 Å². The first-order valence-corrected chi connectivity index (χ1v) is 10.5. The van der Waals surface area contributed by atoms with Crippen LogP contribution in [0.4, 0.5) is 0 Å². The van der Waals surface area contributed by atoms with Gasteiger partial charge in [0.25, 0.3) is 5.91 Å². The van der Waals surface area contributed by atoms with Crippen LogP contribution in [0.25, 0.3) is 0 Å². The average Bonchev–Trinajstić information content (AvgIpc) is 2.57. The molecule has 1 amide bonds. The summed E-state index contributed by atoms with van der Waals surface area (Å²) < 4.78 is 10.9. The smallest absolute Gasteiger partial charge is 0.344 e. The number of esters is 1. The Kier molecular flexibility index (Phi) is 5.11. The molecule has 0 spiro atoms. The lowest BCUT2D eigenvalue weighted by atomic mass is 9.53. The van der Waals surface area contributed by atoms with Gasteiger partial charge in [-0.15, -0.1) is 0 Å². The molecule has 28 heavy (non-hydrogen) atoms. The van der Waals surface area contributed by atoms with Crippen molar-refractivity contribution in [2.45, 2.75) is 70.9 Å². The molecule has 4 aliphatic rings. The van der Waals surface area contributed by atoms with Gasteiger partial charge in [0.1, 0.15) is 5.75 Å². The standard InChI is InChI=1S/C23H31NO4/c1-14-4-15(2)6-20(5-14)27-13-21(25)28-16(3)22(26)24-23-10-17-7-18(11-23)9-19(8-17)12-23/h4-6,16-19H,7-13H2,1-3H3,(H,24,26)/t16-,17?,18?,19?,23?/m1/s1. The predicted octanol–water partition coefficient (Wildman–Crippen LogP) is 3.70. The van der Waals surface area contributed by atoms with E-state index in [0.29, 0.717) is 5.75 Å². The Morgan fingerprint density at radius 2 is 1.57 bits per heavy atom. The van der Waals surface area contributed by atoms with Crippen LogP contribution in [0.5, 0.6) is 5.75 Å². The van der Waals surface area contributed by atoms with E-state index in [1.807, 2.05) is 32.0 Å². The predicted molar refractivity (Wildman–Crippen MR) is 106 cm³/mol. The third-order valence-corrected chi connectivity index (χ3v) is 6.66. The molecule has 5 nitrogen and oxygen atoms in total. The largest absolute Gasteiger partial charge is 0.482 e. The van der Waals surface area contributed by atoms with Crippen LogP contribution >= 0.6 is 0 Å². The Hall–Kier alpha value is -2.04. The summed E-state index contributed by atoms with van der Waals surface area (Å²) in [5.41, 5.74) is 2.08. The molecule has 4 saturated carbocycles. The highest BCUT2D eigenvalue weighted by Crippen LogP contribution is 2.55. The molecule has 0 saturated heterocycles. The summed E-state index contributed by atoms with van der Waals surface area (Å²) in [7, 11) is 0. The Labute approximate surface area is 167 Å². The Morgan fingerprint density at radius 1 is 1.04 bits per heavy atom. The first-order chi connectivity index (χ1) is 13.3. The highest BCUT2D eigenvalue weighted by atomic mass is 16.6.